The highest BCUT2D eigenvalue weighted by Gasteiger charge is 2.57. The van der Waals surface area contributed by atoms with Crippen molar-refractivity contribution in [3.8, 4) is 0 Å². The monoisotopic (exact) mass is 330 g/mol. The van der Waals surface area contributed by atoms with Crippen LogP contribution in [0.5, 0.6) is 0 Å². The maximum Gasteiger partial charge on any atom is 0.310 e. The molecule has 0 saturated heterocycles. The van der Waals surface area contributed by atoms with Gasteiger partial charge in [-0.05, 0) is 23.7 Å². The van der Waals surface area contributed by atoms with Crippen LogP contribution < -0.4 is 0 Å². The zero-order valence-electron chi connectivity index (χ0n) is 15.7. The molecular weight excluding hydrogens is 296 g/mol. The standard InChI is InChI=1S/C17H34O4Si/c1-15(2,3)10-17(14(20)21,11-16(4,5)6)12(13(18)19)22(7,8)9/h12H,10-11H2,1-9H3,(H,18,19)(H,20,21). The molecule has 0 aliphatic carbocycles. The summed E-state index contributed by atoms with van der Waals surface area (Å²) in [7, 11) is -2.23. The number of carbonyl (C=O) groups is 2. The Bertz CT molecular complexity index is 405. The summed E-state index contributed by atoms with van der Waals surface area (Å²) in [5.74, 6) is -1.93. The molecule has 0 amide bonds. The van der Waals surface area contributed by atoms with Gasteiger partial charge in [-0.2, -0.15) is 0 Å². The van der Waals surface area contributed by atoms with Crippen LogP contribution in [0.3, 0.4) is 0 Å². The maximum absolute atomic E-state index is 12.3. The van der Waals surface area contributed by atoms with E-state index in [1.807, 2.05) is 61.2 Å². The van der Waals surface area contributed by atoms with Gasteiger partial charge < -0.3 is 10.2 Å². The minimum Gasteiger partial charge on any atom is -0.481 e. The molecule has 0 aromatic rings. The third kappa shape index (κ3) is 5.74. The molecule has 0 heterocycles. The summed E-state index contributed by atoms with van der Waals surface area (Å²) in [6, 6.07) is 0. The molecule has 2 N–H and O–H groups in total. The predicted molar refractivity (Wildman–Crippen MR) is 92.9 cm³/mol. The van der Waals surface area contributed by atoms with Crippen LogP contribution in [0.4, 0.5) is 0 Å². The van der Waals surface area contributed by atoms with Crippen molar-refractivity contribution in [2.24, 2.45) is 16.2 Å². The number of hydrogen-bond donors (Lipinski definition) is 2. The highest BCUT2D eigenvalue weighted by atomic mass is 28.3. The highest BCUT2D eigenvalue weighted by molar-refractivity contribution is 6.80. The Morgan fingerprint density at radius 2 is 1.18 bits per heavy atom. The number of hydrogen-bond acceptors (Lipinski definition) is 2. The summed E-state index contributed by atoms with van der Waals surface area (Å²) >= 11 is 0. The topological polar surface area (TPSA) is 74.6 Å². The van der Waals surface area contributed by atoms with E-state index in [1.165, 1.54) is 0 Å². The quantitative estimate of drug-likeness (QED) is 0.691. The van der Waals surface area contributed by atoms with E-state index in [9.17, 15) is 19.8 Å². The van der Waals surface area contributed by atoms with Crippen molar-refractivity contribution in [3.63, 3.8) is 0 Å². The van der Waals surface area contributed by atoms with Gasteiger partial charge in [-0.25, -0.2) is 0 Å². The van der Waals surface area contributed by atoms with Crippen LogP contribution in [0.1, 0.15) is 54.4 Å². The lowest BCUT2D eigenvalue weighted by Crippen LogP contribution is -2.52. The van der Waals surface area contributed by atoms with Crippen molar-refractivity contribution in [2.75, 3.05) is 0 Å². The van der Waals surface area contributed by atoms with E-state index in [-0.39, 0.29) is 10.8 Å². The van der Waals surface area contributed by atoms with Crippen molar-refractivity contribution >= 4 is 20.0 Å². The molecule has 0 aliphatic rings. The molecule has 0 rings (SSSR count). The molecule has 0 fully saturated rings. The lowest BCUT2D eigenvalue weighted by Gasteiger charge is -2.46. The van der Waals surface area contributed by atoms with Gasteiger partial charge in [0.05, 0.1) is 19.0 Å². The number of carboxylic acid groups (broad SMARTS) is 2. The summed E-state index contributed by atoms with van der Waals surface area (Å²) in [5, 5.41) is 20.0. The Labute approximate surface area is 136 Å². The van der Waals surface area contributed by atoms with Crippen molar-refractivity contribution in [3.05, 3.63) is 0 Å². The fourth-order valence-corrected chi connectivity index (χ4v) is 6.60. The van der Waals surface area contributed by atoms with Gasteiger partial charge in [0, 0.05) is 0 Å². The van der Waals surface area contributed by atoms with E-state index in [2.05, 4.69) is 0 Å². The van der Waals surface area contributed by atoms with E-state index < -0.39 is 31.0 Å². The second-order valence-corrected chi connectivity index (χ2v) is 15.4. The van der Waals surface area contributed by atoms with Gasteiger partial charge in [0.25, 0.3) is 0 Å². The molecule has 0 radical (unpaired) electrons. The largest absolute Gasteiger partial charge is 0.481 e. The van der Waals surface area contributed by atoms with Gasteiger partial charge >= 0.3 is 11.9 Å². The molecule has 5 heteroatoms. The Balaban J connectivity index is 6.35. The molecule has 130 valence electrons. The zero-order chi connectivity index (χ0) is 18.1. The molecule has 0 aromatic heterocycles. The lowest BCUT2D eigenvalue weighted by atomic mass is 9.64. The van der Waals surface area contributed by atoms with Gasteiger partial charge in [-0.3, -0.25) is 9.59 Å². The van der Waals surface area contributed by atoms with Crippen molar-refractivity contribution < 1.29 is 19.8 Å². The van der Waals surface area contributed by atoms with Gasteiger partial charge in [0.15, 0.2) is 0 Å². The second-order valence-electron chi connectivity index (χ2n) is 10.1. The van der Waals surface area contributed by atoms with Crippen molar-refractivity contribution in [2.45, 2.75) is 79.6 Å². The summed E-state index contributed by atoms with van der Waals surface area (Å²) in [6.45, 7) is 17.8. The minimum atomic E-state index is -2.23. The van der Waals surface area contributed by atoms with Crippen LogP contribution in [0, 0.1) is 16.2 Å². The number of aliphatic carboxylic acids is 2. The fraction of sp³-hybridized carbons (Fsp3) is 0.882. The Morgan fingerprint density at radius 3 is 1.32 bits per heavy atom. The first-order valence-corrected chi connectivity index (χ1v) is 11.5. The Hall–Kier alpha value is -0.843. The molecule has 0 aliphatic heterocycles. The summed E-state index contributed by atoms with van der Waals surface area (Å²) in [4.78, 5) is 24.4. The molecule has 0 bridgehead atoms. The molecule has 22 heavy (non-hydrogen) atoms. The van der Waals surface area contributed by atoms with Crippen LogP contribution in [-0.2, 0) is 9.59 Å². The van der Waals surface area contributed by atoms with E-state index in [0.717, 1.165) is 0 Å². The van der Waals surface area contributed by atoms with E-state index >= 15 is 0 Å². The van der Waals surface area contributed by atoms with Gasteiger partial charge in [-0.1, -0.05) is 61.2 Å². The van der Waals surface area contributed by atoms with Gasteiger partial charge in [0.2, 0.25) is 0 Å². The molecule has 0 aromatic carbocycles. The molecular formula is C17H34O4Si. The van der Waals surface area contributed by atoms with Crippen LogP contribution in [0.2, 0.25) is 25.2 Å². The molecule has 4 nitrogen and oxygen atoms in total. The lowest BCUT2D eigenvalue weighted by molar-refractivity contribution is -0.160. The van der Waals surface area contributed by atoms with Crippen LogP contribution in [-0.4, -0.2) is 30.2 Å². The summed E-state index contributed by atoms with van der Waals surface area (Å²) in [6.07, 6.45) is 0.738. The van der Waals surface area contributed by atoms with Gasteiger partial charge in [-0.15, -0.1) is 0 Å². The first-order chi connectivity index (χ1) is 9.42. The van der Waals surface area contributed by atoms with Crippen LogP contribution in [0.15, 0.2) is 0 Å². The number of rotatable bonds is 6. The first-order valence-electron chi connectivity index (χ1n) is 7.89. The van der Waals surface area contributed by atoms with Crippen LogP contribution >= 0.6 is 0 Å². The van der Waals surface area contributed by atoms with Crippen molar-refractivity contribution in [1.82, 2.24) is 0 Å². The fourth-order valence-electron chi connectivity index (χ4n) is 3.87. The average Bonchev–Trinajstić information content (AvgIpc) is 2.06. The molecule has 0 spiro atoms. The average molecular weight is 331 g/mol. The third-order valence-corrected chi connectivity index (χ3v) is 6.31. The zero-order valence-corrected chi connectivity index (χ0v) is 16.7. The molecule has 1 unspecified atom stereocenters. The summed E-state index contributed by atoms with van der Waals surface area (Å²) in [5.41, 5.74) is -2.54. The molecule has 1 atom stereocenters. The van der Waals surface area contributed by atoms with Crippen LogP contribution in [0.25, 0.3) is 0 Å². The third-order valence-electron chi connectivity index (χ3n) is 3.78. The smallest absolute Gasteiger partial charge is 0.310 e. The SMILES string of the molecule is CC(C)(C)CC(CC(C)(C)C)(C(=O)O)C(C(=O)O)[Si](C)(C)C. The maximum atomic E-state index is 12.3. The molecule has 0 saturated carbocycles. The normalized spacial score (nSPS) is 15.5. The summed E-state index contributed by atoms with van der Waals surface area (Å²) < 4.78 is 0. The van der Waals surface area contributed by atoms with E-state index in [0.29, 0.717) is 12.8 Å². The number of carboxylic acids is 2. The minimum absolute atomic E-state index is 0.253. The van der Waals surface area contributed by atoms with E-state index in [4.69, 9.17) is 0 Å². The highest BCUT2D eigenvalue weighted by Crippen LogP contribution is 2.53. The van der Waals surface area contributed by atoms with Gasteiger partial charge in [0.1, 0.15) is 0 Å². The van der Waals surface area contributed by atoms with E-state index in [1.54, 1.807) is 0 Å². The van der Waals surface area contributed by atoms with Crippen molar-refractivity contribution in [1.29, 1.82) is 0 Å². The Kier molecular flexibility index (Phi) is 6.10. The predicted octanol–water partition coefficient (Wildman–Crippen LogP) is 4.72. The Morgan fingerprint density at radius 1 is 0.864 bits per heavy atom. The second kappa shape index (κ2) is 6.34. The first kappa shape index (κ1) is 21.2.